The predicted octanol–water partition coefficient (Wildman–Crippen LogP) is -1.21. The molecule has 2 rings (SSSR count). The molecule has 0 aromatic carbocycles. The second kappa shape index (κ2) is 4.16. The van der Waals surface area contributed by atoms with E-state index in [2.05, 4.69) is 4.74 Å². The fourth-order valence-electron chi connectivity index (χ4n) is 1.92. The highest BCUT2D eigenvalue weighted by Crippen LogP contribution is 2.19. The van der Waals surface area contributed by atoms with Gasteiger partial charge >= 0.3 is 11.9 Å². The van der Waals surface area contributed by atoms with Crippen molar-refractivity contribution in [2.75, 3.05) is 33.5 Å². The average molecular weight is 215 g/mol. The molecule has 2 aliphatic rings. The van der Waals surface area contributed by atoms with Gasteiger partial charge in [0, 0.05) is 0 Å². The summed E-state index contributed by atoms with van der Waals surface area (Å²) < 4.78 is 15.0. The smallest absolute Gasteiger partial charge is 0.396 e. The number of nitrogens with zero attached hydrogens (tertiary/aromatic N) is 1. The van der Waals surface area contributed by atoms with Crippen LogP contribution in [-0.2, 0) is 23.8 Å². The van der Waals surface area contributed by atoms with Crippen molar-refractivity contribution in [2.24, 2.45) is 0 Å². The first-order valence-corrected chi connectivity index (χ1v) is 4.80. The lowest BCUT2D eigenvalue weighted by Gasteiger charge is -2.44. The van der Waals surface area contributed by atoms with Gasteiger partial charge in [0.1, 0.15) is 0 Å². The molecular weight excluding hydrogens is 202 g/mol. The summed E-state index contributed by atoms with van der Waals surface area (Å²) in [5.74, 6) is -1.42. The fraction of sp³-hybridized carbons (Fsp3) is 0.778. The van der Waals surface area contributed by atoms with Crippen LogP contribution in [0.1, 0.15) is 0 Å². The summed E-state index contributed by atoms with van der Waals surface area (Å²) >= 11 is 0. The summed E-state index contributed by atoms with van der Waals surface area (Å²) in [5, 5.41) is 0. The van der Waals surface area contributed by atoms with E-state index in [0.29, 0.717) is 26.4 Å². The molecule has 0 aromatic rings. The Morgan fingerprint density at radius 1 is 1.13 bits per heavy atom. The molecule has 6 heteroatoms. The first-order valence-electron chi connectivity index (χ1n) is 4.80. The van der Waals surface area contributed by atoms with Crippen molar-refractivity contribution < 1.29 is 23.8 Å². The quantitative estimate of drug-likeness (QED) is 0.374. The van der Waals surface area contributed by atoms with E-state index in [1.54, 1.807) is 0 Å². The maximum absolute atomic E-state index is 11.7. The summed E-state index contributed by atoms with van der Waals surface area (Å²) in [5.41, 5.74) is 0. The molecule has 0 spiro atoms. The molecule has 0 saturated carbocycles. The molecule has 15 heavy (non-hydrogen) atoms. The molecule has 6 nitrogen and oxygen atoms in total. The van der Waals surface area contributed by atoms with Gasteiger partial charge in [-0.3, -0.25) is 4.79 Å². The summed E-state index contributed by atoms with van der Waals surface area (Å²) in [6.45, 7) is 1.66. The molecule has 0 aromatic heterocycles. The zero-order valence-corrected chi connectivity index (χ0v) is 8.47. The first-order chi connectivity index (χ1) is 7.24. The number of amides is 1. The van der Waals surface area contributed by atoms with Crippen molar-refractivity contribution in [3.05, 3.63) is 0 Å². The standard InChI is InChI=1S/C9H13NO5/c1-13-9(12)8(11)10-6-2-14-4-7(10)5-15-3-6/h6-7H,2-5H2,1H3. The van der Waals surface area contributed by atoms with Crippen LogP contribution in [0.5, 0.6) is 0 Å². The van der Waals surface area contributed by atoms with Gasteiger partial charge in [-0.05, 0) is 0 Å². The van der Waals surface area contributed by atoms with Gasteiger partial charge in [0.15, 0.2) is 0 Å². The third-order valence-corrected chi connectivity index (χ3v) is 2.62. The molecule has 2 aliphatic heterocycles. The van der Waals surface area contributed by atoms with E-state index in [0.717, 1.165) is 0 Å². The molecule has 0 aliphatic carbocycles. The van der Waals surface area contributed by atoms with Gasteiger partial charge in [-0.2, -0.15) is 0 Å². The van der Waals surface area contributed by atoms with Crippen molar-refractivity contribution in [1.82, 2.24) is 4.90 Å². The van der Waals surface area contributed by atoms with Crippen LogP contribution in [0.25, 0.3) is 0 Å². The molecule has 0 radical (unpaired) electrons. The Hall–Kier alpha value is -1.14. The summed E-state index contributed by atoms with van der Waals surface area (Å²) in [6.07, 6.45) is 0. The lowest BCUT2D eigenvalue weighted by atomic mass is 10.1. The number of morpholine rings is 2. The van der Waals surface area contributed by atoms with Gasteiger partial charge in [0.2, 0.25) is 0 Å². The van der Waals surface area contributed by atoms with Crippen molar-refractivity contribution in [3.63, 3.8) is 0 Å². The van der Waals surface area contributed by atoms with Crippen LogP contribution in [0.2, 0.25) is 0 Å². The number of rotatable bonds is 0. The maximum atomic E-state index is 11.7. The van der Waals surface area contributed by atoms with Gasteiger partial charge in [0.25, 0.3) is 0 Å². The minimum Gasteiger partial charge on any atom is -0.462 e. The Morgan fingerprint density at radius 3 is 2.00 bits per heavy atom. The molecule has 0 atom stereocenters. The Bertz CT molecular complexity index is 258. The van der Waals surface area contributed by atoms with E-state index >= 15 is 0 Å². The molecule has 2 heterocycles. The molecular formula is C9H13NO5. The van der Waals surface area contributed by atoms with Crippen molar-refractivity contribution in [1.29, 1.82) is 0 Å². The topological polar surface area (TPSA) is 65.1 Å². The number of ether oxygens (including phenoxy) is 3. The molecule has 2 saturated heterocycles. The molecule has 2 fully saturated rings. The summed E-state index contributed by atoms with van der Waals surface area (Å²) in [4.78, 5) is 24.4. The summed E-state index contributed by atoms with van der Waals surface area (Å²) in [6, 6.07) is -0.326. The van der Waals surface area contributed by atoms with Crippen LogP contribution in [0, 0.1) is 0 Å². The molecule has 1 amide bonds. The van der Waals surface area contributed by atoms with Crippen LogP contribution in [0.3, 0.4) is 0 Å². The van der Waals surface area contributed by atoms with Crippen LogP contribution in [-0.4, -0.2) is 62.4 Å². The second-order valence-electron chi connectivity index (χ2n) is 3.59. The number of methoxy groups -OCH3 is 1. The van der Waals surface area contributed by atoms with Crippen LogP contribution >= 0.6 is 0 Å². The highest BCUT2D eigenvalue weighted by Gasteiger charge is 2.41. The third-order valence-electron chi connectivity index (χ3n) is 2.62. The Balaban J connectivity index is 2.12. The van der Waals surface area contributed by atoms with Crippen molar-refractivity contribution in [3.8, 4) is 0 Å². The highest BCUT2D eigenvalue weighted by molar-refractivity contribution is 6.32. The van der Waals surface area contributed by atoms with E-state index in [-0.39, 0.29) is 12.1 Å². The SMILES string of the molecule is COC(=O)C(=O)N1C2COCC1COC2. The fourth-order valence-corrected chi connectivity index (χ4v) is 1.92. The first kappa shape index (κ1) is 10.4. The molecule has 84 valence electrons. The van der Waals surface area contributed by atoms with E-state index in [9.17, 15) is 9.59 Å². The number of carbonyl (C=O) groups excluding carboxylic acids is 2. The normalized spacial score (nSPS) is 29.8. The zero-order chi connectivity index (χ0) is 10.8. The van der Waals surface area contributed by atoms with Crippen LogP contribution in [0.15, 0.2) is 0 Å². The Labute approximate surface area is 87.1 Å². The monoisotopic (exact) mass is 215 g/mol. The average Bonchev–Trinajstić information content (AvgIpc) is 2.26. The predicted molar refractivity (Wildman–Crippen MR) is 48.1 cm³/mol. The van der Waals surface area contributed by atoms with Crippen molar-refractivity contribution >= 4 is 11.9 Å². The lowest BCUT2D eigenvalue weighted by molar-refractivity contribution is -0.179. The van der Waals surface area contributed by atoms with Crippen molar-refractivity contribution in [2.45, 2.75) is 12.1 Å². The van der Waals surface area contributed by atoms with Crippen LogP contribution < -0.4 is 0 Å². The number of fused-ring (bicyclic) bond motifs is 2. The maximum Gasteiger partial charge on any atom is 0.396 e. The van der Waals surface area contributed by atoms with E-state index in [4.69, 9.17) is 9.47 Å². The van der Waals surface area contributed by atoms with Gasteiger partial charge in [-0.15, -0.1) is 0 Å². The van der Waals surface area contributed by atoms with E-state index < -0.39 is 11.9 Å². The van der Waals surface area contributed by atoms with E-state index in [1.807, 2.05) is 0 Å². The van der Waals surface area contributed by atoms with Gasteiger partial charge < -0.3 is 19.1 Å². The summed E-state index contributed by atoms with van der Waals surface area (Å²) in [7, 11) is 1.20. The van der Waals surface area contributed by atoms with Gasteiger partial charge in [-0.25, -0.2) is 4.79 Å². The number of hydrogen-bond acceptors (Lipinski definition) is 5. The minimum atomic E-state index is -0.825. The Kier molecular flexibility index (Phi) is 2.88. The largest absolute Gasteiger partial charge is 0.462 e. The zero-order valence-electron chi connectivity index (χ0n) is 8.47. The second-order valence-corrected chi connectivity index (χ2v) is 3.59. The minimum absolute atomic E-state index is 0.163. The lowest BCUT2D eigenvalue weighted by Crippen LogP contribution is -2.63. The van der Waals surface area contributed by atoms with Crippen LogP contribution in [0.4, 0.5) is 0 Å². The Morgan fingerprint density at radius 2 is 1.60 bits per heavy atom. The molecule has 0 unspecified atom stereocenters. The molecule has 0 N–H and O–H groups in total. The molecule has 2 bridgehead atoms. The van der Waals surface area contributed by atoms with Gasteiger partial charge in [-0.1, -0.05) is 0 Å². The van der Waals surface area contributed by atoms with Gasteiger partial charge in [0.05, 0.1) is 45.6 Å². The van der Waals surface area contributed by atoms with E-state index in [1.165, 1.54) is 12.0 Å². The third kappa shape index (κ3) is 1.82. The highest BCUT2D eigenvalue weighted by atomic mass is 16.5. The number of esters is 1. The number of hydrogen-bond donors (Lipinski definition) is 0. The number of carbonyl (C=O) groups is 2.